The Morgan fingerprint density at radius 2 is 1.80 bits per heavy atom. The highest BCUT2D eigenvalue weighted by atomic mass is 79.9. The van der Waals surface area contributed by atoms with Crippen LogP contribution in [0.3, 0.4) is 0 Å². The third-order valence-electron chi connectivity index (χ3n) is 4.22. The Kier molecular flexibility index (Phi) is 4.63. The minimum Gasteiger partial charge on any atom is -0.355 e. The fourth-order valence-corrected chi connectivity index (χ4v) is 3.65. The first-order valence-electron chi connectivity index (χ1n) is 7.81. The number of hydrogen-bond donors (Lipinski definition) is 2. The molecular formula is C19H18BrN3O2. The summed E-state index contributed by atoms with van der Waals surface area (Å²) in [6, 6.07) is 13.0. The molecule has 0 aliphatic heterocycles. The van der Waals surface area contributed by atoms with E-state index in [2.05, 4.69) is 26.6 Å². The number of fused-ring (bicyclic) bond motifs is 1. The van der Waals surface area contributed by atoms with E-state index in [1.807, 2.05) is 42.8 Å². The Bertz CT molecular complexity index is 953. The molecule has 3 aromatic rings. The number of nitrogens with zero attached hydrogens (tertiary/aromatic N) is 1. The van der Waals surface area contributed by atoms with Crippen LogP contribution in [-0.4, -0.2) is 23.4 Å². The van der Waals surface area contributed by atoms with Crippen LogP contribution in [-0.2, 0) is 7.05 Å². The minimum atomic E-state index is -0.207. The first-order chi connectivity index (χ1) is 11.9. The second-order valence-corrected chi connectivity index (χ2v) is 6.59. The lowest BCUT2D eigenvalue weighted by Gasteiger charge is -2.11. The van der Waals surface area contributed by atoms with E-state index < -0.39 is 0 Å². The standard InChI is InChI=1S/C19H18BrN3O2/c1-11-10-12(18(24)21-2)8-9-14(11)22-19(25)17-16(20)13-6-4-5-7-15(13)23(17)3/h4-10H,1-3H3,(H,21,24)(H,22,25). The van der Waals surface area contributed by atoms with E-state index in [4.69, 9.17) is 0 Å². The third kappa shape index (κ3) is 3.05. The summed E-state index contributed by atoms with van der Waals surface area (Å²) in [6.45, 7) is 1.86. The monoisotopic (exact) mass is 399 g/mol. The highest BCUT2D eigenvalue weighted by molar-refractivity contribution is 9.10. The van der Waals surface area contributed by atoms with E-state index >= 15 is 0 Å². The normalized spacial score (nSPS) is 10.7. The van der Waals surface area contributed by atoms with E-state index in [0.29, 0.717) is 16.9 Å². The van der Waals surface area contributed by atoms with Crippen molar-refractivity contribution in [1.29, 1.82) is 0 Å². The third-order valence-corrected chi connectivity index (χ3v) is 5.03. The van der Waals surface area contributed by atoms with Crippen LogP contribution in [0, 0.1) is 6.92 Å². The number of carbonyl (C=O) groups excluding carboxylic acids is 2. The van der Waals surface area contributed by atoms with Crippen molar-refractivity contribution in [2.24, 2.45) is 7.05 Å². The van der Waals surface area contributed by atoms with Gasteiger partial charge in [0.2, 0.25) is 0 Å². The molecule has 0 bridgehead atoms. The number of benzene rings is 2. The number of nitrogens with one attached hydrogen (secondary N) is 2. The van der Waals surface area contributed by atoms with Crippen LogP contribution in [0.2, 0.25) is 0 Å². The lowest BCUT2D eigenvalue weighted by atomic mass is 10.1. The molecule has 0 unspecified atom stereocenters. The van der Waals surface area contributed by atoms with Crippen LogP contribution in [0.5, 0.6) is 0 Å². The van der Waals surface area contributed by atoms with Gasteiger partial charge in [0.1, 0.15) is 5.69 Å². The number of anilines is 1. The molecule has 0 spiro atoms. The lowest BCUT2D eigenvalue weighted by molar-refractivity contribution is 0.0962. The van der Waals surface area contributed by atoms with Gasteiger partial charge in [-0.1, -0.05) is 18.2 Å². The van der Waals surface area contributed by atoms with Gasteiger partial charge in [-0.2, -0.15) is 0 Å². The highest BCUT2D eigenvalue weighted by Crippen LogP contribution is 2.31. The van der Waals surface area contributed by atoms with E-state index in [1.165, 1.54) is 0 Å². The molecule has 0 aliphatic carbocycles. The SMILES string of the molecule is CNC(=O)c1ccc(NC(=O)c2c(Br)c3ccccc3n2C)c(C)c1. The first-order valence-corrected chi connectivity index (χ1v) is 8.60. The molecule has 0 radical (unpaired) electrons. The number of amides is 2. The van der Waals surface area contributed by atoms with Crippen LogP contribution < -0.4 is 10.6 Å². The zero-order valence-corrected chi connectivity index (χ0v) is 15.8. The van der Waals surface area contributed by atoms with Gasteiger partial charge in [0, 0.05) is 36.2 Å². The Morgan fingerprint density at radius 1 is 1.08 bits per heavy atom. The molecule has 2 N–H and O–H groups in total. The van der Waals surface area contributed by atoms with Gasteiger partial charge in [-0.15, -0.1) is 0 Å². The number of aromatic nitrogens is 1. The molecule has 1 heterocycles. The quantitative estimate of drug-likeness (QED) is 0.702. The van der Waals surface area contributed by atoms with Crippen LogP contribution >= 0.6 is 15.9 Å². The van der Waals surface area contributed by atoms with Crippen LogP contribution in [0.25, 0.3) is 10.9 Å². The number of halogens is 1. The first kappa shape index (κ1) is 17.2. The Hall–Kier alpha value is -2.60. The molecule has 25 heavy (non-hydrogen) atoms. The van der Waals surface area contributed by atoms with Gasteiger partial charge < -0.3 is 15.2 Å². The molecule has 0 saturated heterocycles. The maximum absolute atomic E-state index is 12.8. The van der Waals surface area contributed by atoms with E-state index in [0.717, 1.165) is 20.9 Å². The summed E-state index contributed by atoms with van der Waals surface area (Å²) in [5.74, 6) is -0.362. The number of carbonyl (C=O) groups is 2. The van der Waals surface area contributed by atoms with Crippen LogP contribution in [0.15, 0.2) is 46.9 Å². The van der Waals surface area contributed by atoms with Crippen molar-refractivity contribution in [3.63, 3.8) is 0 Å². The number of aryl methyl sites for hydroxylation is 2. The van der Waals surface area contributed by atoms with E-state index in [9.17, 15) is 9.59 Å². The van der Waals surface area contributed by atoms with Gasteiger partial charge >= 0.3 is 0 Å². The Balaban J connectivity index is 1.95. The van der Waals surface area contributed by atoms with E-state index in [-0.39, 0.29) is 11.8 Å². The number of para-hydroxylation sites is 1. The molecular weight excluding hydrogens is 382 g/mol. The average Bonchev–Trinajstić information content (AvgIpc) is 2.87. The molecule has 0 aliphatic rings. The summed E-state index contributed by atoms with van der Waals surface area (Å²) in [5.41, 5.74) is 3.59. The molecule has 0 saturated carbocycles. The average molecular weight is 400 g/mol. The fraction of sp³-hybridized carbons (Fsp3) is 0.158. The maximum atomic E-state index is 12.8. The van der Waals surface area contributed by atoms with Gasteiger partial charge in [-0.3, -0.25) is 9.59 Å². The molecule has 5 nitrogen and oxygen atoms in total. The van der Waals surface area contributed by atoms with Crippen molar-refractivity contribution >= 4 is 44.3 Å². The van der Waals surface area contributed by atoms with Crippen molar-refractivity contribution in [2.75, 3.05) is 12.4 Å². The van der Waals surface area contributed by atoms with E-state index in [1.54, 1.807) is 25.2 Å². The summed E-state index contributed by atoms with van der Waals surface area (Å²) < 4.78 is 2.63. The smallest absolute Gasteiger partial charge is 0.273 e. The second kappa shape index (κ2) is 6.72. The Labute approximate surface area is 154 Å². The molecule has 0 fully saturated rings. The van der Waals surface area contributed by atoms with Gasteiger partial charge in [0.25, 0.3) is 11.8 Å². The van der Waals surface area contributed by atoms with Crippen molar-refractivity contribution < 1.29 is 9.59 Å². The summed E-state index contributed by atoms with van der Waals surface area (Å²) in [6.07, 6.45) is 0. The van der Waals surface area contributed by atoms with Crippen molar-refractivity contribution in [1.82, 2.24) is 9.88 Å². The summed E-state index contributed by atoms with van der Waals surface area (Å²) in [7, 11) is 3.45. The van der Waals surface area contributed by atoms with Crippen LogP contribution in [0.4, 0.5) is 5.69 Å². The van der Waals surface area contributed by atoms with Gasteiger partial charge in [0.15, 0.2) is 0 Å². The molecule has 2 aromatic carbocycles. The van der Waals surface area contributed by atoms with Gasteiger partial charge in [0.05, 0.1) is 4.47 Å². The Morgan fingerprint density at radius 3 is 2.44 bits per heavy atom. The molecule has 1 aromatic heterocycles. The molecule has 6 heteroatoms. The number of hydrogen-bond acceptors (Lipinski definition) is 2. The fourth-order valence-electron chi connectivity index (χ4n) is 2.87. The van der Waals surface area contributed by atoms with Gasteiger partial charge in [-0.25, -0.2) is 0 Å². The molecule has 2 amide bonds. The predicted octanol–water partition coefficient (Wildman–Crippen LogP) is 3.86. The lowest BCUT2D eigenvalue weighted by Crippen LogP contribution is -2.19. The topological polar surface area (TPSA) is 63.1 Å². The zero-order valence-electron chi connectivity index (χ0n) is 14.2. The summed E-state index contributed by atoms with van der Waals surface area (Å²) in [5, 5.41) is 6.51. The maximum Gasteiger partial charge on any atom is 0.273 e. The molecule has 3 rings (SSSR count). The number of rotatable bonds is 3. The largest absolute Gasteiger partial charge is 0.355 e. The minimum absolute atomic E-state index is 0.155. The summed E-state index contributed by atoms with van der Waals surface area (Å²) in [4.78, 5) is 24.5. The zero-order chi connectivity index (χ0) is 18.1. The highest BCUT2D eigenvalue weighted by Gasteiger charge is 2.20. The van der Waals surface area contributed by atoms with Crippen molar-refractivity contribution in [2.45, 2.75) is 6.92 Å². The van der Waals surface area contributed by atoms with Crippen molar-refractivity contribution in [3.8, 4) is 0 Å². The van der Waals surface area contributed by atoms with Crippen LogP contribution in [0.1, 0.15) is 26.4 Å². The van der Waals surface area contributed by atoms with Gasteiger partial charge in [-0.05, 0) is 52.7 Å². The van der Waals surface area contributed by atoms with Crippen molar-refractivity contribution in [3.05, 3.63) is 63.8 Å². The summed E-state index contributed by atoms with van der Waals surface area (Å²) >= 11 is 3.54. The second-order valence-electron chi connectivity index (χ2n) is 5.80. The molecule has 128 valence electrons. The predicted molar refractivity (Wildman–Crippen MR) is 103 cm³/mol. The molecule has 0 atom stereocenters.